The van der Waals surface area contributed by atoms with Crippen molar-refractivity contribution in [2.75, 3.05) is 19.0 Å². The summed E-state index contributed by atoms with van der Waals surface area (Å²) in [5.74, 6) is 0.0254. The summed E-state index contributed by atoms with van der Waals surface area (Å²) in [5, 5.41) is 13.1. The summed E-state index contributed by atoms with van der Waals surface area (Å²) in [6.45, 7) is 1.47. The second-order valence-electron chi connectivity index (χ2n) is 6.26. The Morgan fingerprint density at radius 3 is 2.71 bits per heavy atom. The van der Waals surface area contributed by atoms with Gasteiger partial charge in [0.1, 0.15) is 21.5 Å². The first-order chi connectivity index (χ1) is 13.3. The van der Waals surface area contributed by atoms with Crippen LogP contribution in [-0.2, 0) is 9.92 Å². The molecule has 148 valence electrons. The smallest absolute Gasteiger partial charge is 0.147 e. The van der Waals surface area contributed by atoms with Crippen LogP contribution in [0.4, 0.5) is 15.8 Å². The number of methoxy groups -OCH3 is 1. The second kappa shape index (κ2) is 8.09. The summed E-state index contributed by atoms with van der Waals surface area (Å²) in [6, 6.07) is 11.0. The lowest BCUT2D eigenvalue weighted by molar-refractivity contribution is 0.199. The SMILES string of the molecule is COc1ccc2c(Nc3ccc(S(=N)(=O)NC[C@H](C)O)cc3F)ccnc2c1. The van der Waals surface area contributed by atoms with Crippen LogP contribution in [0.1, 0.15) is 6.92 Å². The third-order valence-electron chi connectivity index (χ3n) is 4.07. The lowest BCUT2D eigenvalue weighted by atomic mass is 10.1. The number of aliphatic hydroxyl groups excluding tert-OH is 1. The quantitative estimate of drug-likeness (QED) is 0.483. The Morgan fingerprint density at radius 1 is 1.25 bits per heavy atom. The maximum absolute atomic E-state index is 14.6. The van der Waals surface area contributed by atoms with Crippen molar-refractivity contribution < 1.29 is 18.4 Å². The summed E-state index contributed by atoms with van der Waals surface area (Å²) in [4.78, 5) is 4.29. The average Bonchev–Trinajstić information content (AvgIpc) is 2.67. The topological polar surface area (TPSA) is 107 Å². The number of fused-ring (bicyclic) bond motifs is 1. The molecule has 3 aromatic rings. The molecule has 0 spiro atoms. The van der Waals surface area contributed by atoms with Crippen molar-refractivity contribution in [2.45, 2.75) is 17.9 Å². The Hall–Kier alpha value is -2.75. The normalized spacial score (nSPS) is 14.4. The number of benzene rings is 2. The minimum Gasteiger partial charge on any atom is -0.497 e. The zero-order valence-electron chi connectivity index (χ0n) is 15.4. The van der Waals surface area contributed by atoms with Gasteiger partial charge in [-0.1, -0.05) is 0 Å². The third-order valence-corrected chi connectivity index (χ3v) is 5.56. The zero-order chi connectivity index (χ0) is 20.3. The molecule has 0 aliphatic carbocycles. The fraction of sp³-hybridized carbons (Fsp3) is 0.211. The van der Waals surface area contributed by atoms with E-state index in [1.807, 2.05) is 6.07 Å². The van der Waals surface area contributed by atoms with Crippen molar-refractivity contribution in [3.8, 4) is 5.75 Å². The number of pyridine rings is 1. The average molecular weight is 404 g/mol. The lowest BCUT2D eigenvalue weighted by Crippen LogP contribution is -2.29. The van der Waals surface area contributed by atoms with Crippen molar-refractivity contribution in [2.24, 2.45) is 0 Å². The molecule has 7 nitrogen and oxygen atoms in total. The summed E-state index contributed by atoms with van der Waals surface area (Å²) in [5.41, 5.74) is 1.52. The fourth-order valence-corrected chi connectivity index (χ4v) is 3.78. The van der Waals surface area contributed by atoms with E-state index in [0.29, 0.717) is 17.0 Å². The maximum atomic E-state index is 14.6. The van der Waals surface area contributed by atoms with Gasteiger partial charge in [0.05, 0.1) is 29.3 Å². The van der Waals surface area contributed by atoms with Crippen LogP contribution in [0.15, 0.2) is 53.6 Å². The number of ether oxygens (including phenoxy) is 1. The number of hydrogen-bond donors (Lipinski definition) is 4. The van der Waals surface area contributed by atoms with Crippen LogP contribution < -0.4 is 14.8 Å². The molecule has 0 radical (unpaired) electrons. The summed E-state index contributed by atoms with van der Waals surface area (Å²) >= 11 is 0. The highest BCUT2D eigenvalue weighted by atomic mass is 32.2. The highest BCUT2D eigenvalue weighted by molar-refractivity contribution is 7.90. The molecular weight excluding hydrogens is 383 g/mol. The van der Waals surface area contributed by atoms with Crippen LogP contribution in [0.5, 0.6) is 5.75 Å². The number of rotatable bonds is 7. The third kappa shape index (κ3) is 4.38. The second-order valence-corrected chi connectivity index (χ2v) is 8.13. The van der Waals surface area contributed by atoms with E-state index >= 15 is 0 Å². The number of nitrogens with zero attached hydrogens (tertiary/aromatic N) is 1. The molecule has 0 saturated carbocycles. The molecule has 1 heterocycles. The molecule has 0 bridgehead atoms. The van der Waals surface area contributed by atoms with Crippen molar-refractivity contribution in [3.63, 3.8) is 0 Å². The Kier molecular flexibility index (Phi) is 5.78. The molecule has 28 heavy (non-hydrogen) atoms. The minimum absolute atomic E-state index is 0.000484. The van der Waals surface area contributed by atoms with Gasteiger partial charge in [0, 0.05) is 29.9 Å². The molecule has 2 aromatic carbocycles. The number of hydrogen-bond acceptors (Lipinski definition) is 6. The van der Waals surface area contributed by atoms with E-state index in [9.17, 15) is 13.7 Å². The highest BCUT2D eigenvalue weighted by Crippen LogP contribution is 2.29. The van der Waals surface area contributed by atoms with Crippen LogP contribution in [0.2, 0.25) is 0 Å². The van der Waals surface area contributed by atoms with E-state index < -0.39 is 21.8 Å². The van der Waals surface area contributed by atoms with Gasteiger partial charge in [0.25, 0.3) is 0 Å². The minimum atomic E-state index is -3.41. The number of aliphatic hydroxyl groups is 1. The van der Waals surface area contributed by atoms with Crippen molar-refractivity contribution >= 4 is 32.2 Å². The van der Waals surface area contributed by atoms with Gasteiger partial charge >= 0.3 is 0 Å². The molecule has 3 rings (SSSR count). The van der Waals surface area contributed by atoms with Gasteiger partial charge in [-0.2, -0.15) is 0 Å². The van der Waals surface area contributed by atoms with E-state index in [0.717, 1.165) is 11.5 Å². The molecule has 1 unspecified atom stereocenters. The van der Waals surface area contributed by atoms with Gasteiger partial charge in [-0.25, -0.2) is 18.1 Å². The van der Waals surface area contributed by atoms with Crippen molar-refractivity contribution in [1.29, 1.82) is 4.78 Å². The molecule has 9 heteroatoms. The lowest BCUT2D eigenvalue weighted by Gasteiger charge is -2.14. The number of halogens is 1. The molecule has 0 aliphatic heterocycles. The Labute approximate surface area is 162 Å². The standard InChI is InChI=1S/C19H21FN4O3S/c1-12(25)11-23-28(21,26)14-4-6-18(16(20)10-14)24-17-7-8-22-19-9-13(27-2)3-5-15(17)19/h3-10,12,25H,11H2,1-2H3,(H,22,24)(H2,21,23,26)/t12-,28?/m0/s1. The molecule has 0 saturated heterocycles. The van der Waals surface area contributed by atoms with Gasteiger partial charge in [0.15, 0.2) is 0 Å². The van der Waals surface area contributed by atoms with Gasteiger partial charge in [0.2, 0.25) is 0 Å². The summed E-state index contributed by atoms with van der Waals surface area (Å²) in [6.07, 6.45) is 0.836. The van der Waals surface area contributed by atoms with Crippen LogP contribution in [0.3, 0.4) is 0 Å². The van der Waals surface area contributed by atoms with Crippen LogP contribution in [0, 0.1) is 10.6 Å². The van der Waals surface area contributed by atoms with Gasteiger partial charge < -0.3 is 15.2 Å². The molecule has 0 aliphatic rings. The molecule has 4 N–H and O–H groups in total. The predicted octanol–water partition coefficient (Wildman–Crippen LogP) is 3.42. The Balaban J connectivity index is 1.89. The van der Waals surface area contributed by atoms with Crippen LogP contribution >= 0.6 is 0 Å². The van der Waals surface area contributed by atoms with Crippen molar-refractivity contribution in [1.82, 2.24) is 9.71 Å². The molecular formula is C19H21FN4O3S. The first-order valence-corrected chi connectivity index (χ1v) is 10.1. The largest absolute Gasteiger partial charge is 0.497 e. The van der Waals surface area contributed by atoms with E-state index in [-0.39, 0.29) is 17.1 Å². The molecule has 1 aromatic heterocycles. The number of anilines is 2. The monoisotopic (exact) mass is 404 g/mol. The maximum Gasteiger partial charge on any atom is 0.147 e. The Morgan fingerprint density at radius 2 is 2.04 bits per heavy atom. The van der Waals surface area contributed by atoms with Crippen molar-refractivity contribution in [3.05, 3.63) is 54.5 Å². The van der Waals surface area contributed by atoms with Gasteiger partial charge in [-0.3, -0.25) is 4.98 Å². The summed E-state index contributed by atoms with van der Waals surface area (Å²) in [7, 11) is -1.84. The Bertz CT molecular complexity index is 1100. The van der Waals surface area contributed by atoms with Crippen LogP contribution in [-0.4, -0.2) is 34.1 Å². The fourth-order valence-electron chi connectivity index (χ4n) is 2.61. The number of aromatic nitrogens is 1. The number of nitrogens with one attached hydrogen (secondary N) is 3. The first-order valence-electron chi connectivity index (χ1n) is 8.51. The van der Waals surface area contributed by atoms with E-state index in [1.165, 1.54) is 19.1 Å². The molecule has 0 fully saturated rings. The van der Waals surface area contributed by atoms with Gasteiger partial charge in [-0.15, -0.1) is 0 Å². The molecule has 2 atom stereocenters. The van der Waals surface area contributed by atoms with E-state index in [4.69, 9.17) is 9.52 Å². The zero-order valence-corrected chi connectivity index (χ0v) is 16.2. The summed E-state index contributed by atoms with van der Waals surface area (Å²) < 4.78 is 42.5. The first kappa shape index (κ1) is 20.0. The predicted molar refractivity (Wildman–Crippen MR) is 107 cm³/mol. The van der Waals surface area contributed by atoms with Gasteiger partial charge in [-0.05, 0) is 43.3 Å². The van der Waals surface area contributed by atoms with E-state index in [1.54, 1.807) is 31.5 Å². The van der Waals surface area contributed by atoms with E-state index in [2.05, 4.69) is 15.0 Å². The highest BCUT2D eigenvalue weighted by Gasteiger charge is 2.14. The molecule has 0 amide bonds. The van der Waals surface area contributed by atoms with Crippen LogP contribution in [0.25, 0.3) is 10.9 Å².